The quantitative estimate of drug-likeness (QED) is 0.780. The monoisotopic (exact) mass is 331 g/mol. The first kappa shape index (κ1) is 17.1. The summed E-state index contributed by atoms with van der Waals surface area (Å²) in [6.07, 6.45) is 5.91. The number of ether oxygens (including phenoxy) is 1. The van der Waals surface area contributed by atoms with E-state index in [1.54, 1.807) is 25.3 Å². The molecule has 0 saturated heterocycles. The van der Waals surface area contributed by atoms with Crippen molar-refractivity contribution in [3.63, 3.8) is 0 Å². The molecule has 0 atom stereocenters. The highest BCUT2D eigenvalue weighted by atomic mass is 32.2. The van der Waals surface area contributed by atoms with Gasteiger partial charge in [0.05, 0.1) is 12.0 Å². The van der Waals surface area contributed by atoms with Gasteiger partial charge < -0.3 is 4.74 Å². The van der Waals surface area contributed by atoms with Crippen LogP contribution in [0.4, 0.5) is 5.69 Å². The maximum Gasteiger partial charge on any atom is 0.261 e. The van der Waals surface area contributed by atoms with Crippen LogP contribution in [-0.2, 0) is 16.4 Å². The largest absolute Gasteiger partial charge is 0.497 e. The Labute approximate surface area is 137 Å². The van der Waals surface area contributed by atoms with Crippen molar-refractivity contribution >= 4 is 15.7 Å². The lowest BCUT2D eigenvalue weighted by Crippen LogP contribution is -2.13. The second-order valence-electron chi connectivity index (χ2n) is 5.09. The van der Waals surface area contributed by atoms with Crippen molar-refractivity contribution in [3.8, 4) is 5.75 Å². The first-order valence-corrected chi connectivity index (χ1v) is 8.90. The van der Waals surface area contributed by atoms with E-state index >= 15 is 0 Å². The highest BCUT2D eigenvalue weighted by Gasteiger charge is 2.14. The molecule has 0 fully saturated rings. The lowest BCUT2D eigenvalue weighted by molar-refractivity contribution is 0.414. The van der Waals surface area contributed by atoms with E-state index in [-0.39, 0.29) is 4.90 Å². The number of benzene rings is 2. The molecule has 0 saturated carbocycles. The van der Waals surface area contributed by atoms with Crippen LogP contribution in [0, 0.1) is 0 Å². The molecule has 1 N–H and O–H groups in total. The van der Waals surface area contributed by atoms with Gasteiger partial charge in [-0.05, 0) is 61.7 Å². The average Bonchev–Trinajstić information content (AvgIpc) is 2.55. The van der Waals surface area contributed by atoms with Gasteiger partial charge in [0.15, 0.2) is 0 Å². The number of allylic oxidation sites excluding steroid dienone is 2. The summed E-state index contributed by atoms with van der Waals surface area (Å²) in [5, 5.41) is 0. The van der Waals surface area contributed by atoms with E-state index in [2.05, 4.69) is 10.8 Å². The molecular formula is C18H21NO3S. The second-order valence-corrected chi connectivity index (χ2v) is 6.77. The Morgan fingerprint density at radius 3 is 2.52 bits per heavy atom. The number of methoxy groups -OCH3 is 1. The predicted octanol–water partition coefficient (Wildman–Crippen LogP) is 4.00. The zero-order chi connectivity index (χ0) is 16.7. The topological polar surface area (TPSA) is 55.4 Å². The molecule has 0 aromatic heterocycles. The molecule has 0 aliphatic rings. The minimum Gasteiger partial charge on any atom is -0.497 e. The number of rotatable bonds is 7. The van der Waals surface area contributed by atoms with Crippen molar-refractivity contribution in [3.05, 3.63) is 66.2 Å². The molecular weight excluding hydrogens is 310 g/mol. The number of hydrogen-bond acceptors (Lipinski definition) is 3. The van der Waals surface area contributed by atoms with Crippen molar-refractivity contribution in [1.29, 1.82) is 0 Å². The van der Waals surface area contributed by atoms with Gasteiger partial charge >= 0.3 is 0 Å². The predicted molar refractivity (Wildman–Crippen MR) is 93.4 cm³/mol. The molecule has 4 nitrogen and oxygen atoms in total. The minimum absolute atomic E-state index is 0.206. The molecule has 2 aromatic rings. The van der Waals surface area contributed by atoms with Gasteiger partial charge in [-0.15, -0.1) is 0 Å². The van der Waals surface area contributed by atoms with Gasteiger partial charge in [-0.25, -0.2) is 8.42 Å². The molecule has 2 rings (SSSR count). The Hall–Kier alpha value is -2.27. The van der Waals surface area contributed by atoms with E-state index in [0.717, 1.165) is 18.4 Å². The summed E-state index contributed by atoms with van der Waals surface area (Å²) in [6, 6.07) is 13.8. The minimum atomic E-state index is -3.60. The Morgan fingerprint density at radius 1 is 1.13 bits per heavy atom. The summed E-state index contributed by atoms with van der Waals surface area (Å²) < 4.78 is 32.5. The molecule has 0 amide bonds. The van der Waals surface area contributed by atoms with E-state index in [1.807, 2.05) is 31.2 Å². The lowest BCUT2D eigenvalue weighted by Gasteiger charge is -2.10. The molecule has 2 aromatic carbocycles. The summed E-state index contributed by atoms with van der Waals surface area (Å²) in [5.41, 5.74) is 1.66. The number of sulfonamides is 1. The molecule has 0 bridgehead atoms. The standard InChI is InChI=1S/C18H21NO3S/c1-3-4-5-7-15-8-6-9-16(14-15)19-23(20,21)18-12-10-17(22-2)11-13-18/h3-4,6,8-14,19H,5,7H2,1-2H3/b4-3+. The summed E-state index contributed by atoms with van der Waals surface area (Å²) in [4.78, 5) is 0.206. The Kier molecular flexibility index (Phi) is 5.82. The van der Waals surface area contributed by atoms with Gasteiger partial charge in [0.1, 0.15) is 5.75 Å². The highest BCUT2D eigenvalue weighted by molar-refractivity contribution is 7.92. The molecule has 0 spiro atoms. The smallest absolute Gasteiger partial charge is 0.261 e. The van der Waals surface area contributed by atoms with E-state index in [1.165, 1.54) is 12.1 Å². The summed E-state index contributed by atoms with van der Waals surface area (Å²) in [6.45, 7) is 1.99. The third-order valence-electron chi connectivity index (χ3n) is 3.38. The maximum absolute atomic E-state index is 12.4. The highest BCUT2D eigenvalue weighted by Crippen LogP contribution is 2.20. The first-order chi connectivity index (χ1) is 11.0. The number of hydrogen-bond donors (Lipinski definition) is 1. The summed E-state index contributed by atoms with van der Waals surface area (Å²) in [7, 11) is -2.06. The third-order valence-corrected chi connectivity index (χ3v) is 4.78. The summed E-state index contributed by atoms with van der Waals surface area (Å²) in [5.74, 6) is 0.620. The van der Waals surface area contributed by atoms with Crippen LogP contribution in [0.1, 0.15) is 18.9 Å². The zero-order valence-electron chi connectivity index (χ0n) is 13.3. The number of anilines is 1. The van der Waals surface area contributed by atoms with Gasteiger partial charge in [0.25, 0.3) is 10.0 Å². The first-order valence-electron chi connectivity index (χ1n) is 7.42. The van der Waals surface area contributed by atoms with Crippen LogP contribution in [0.3, 0.4) is 0 Å². The van der Waals surface area contributed by atoms with E-state index < -0.39 is 10.0 Å². The van der Waals surface area contributed by atoms with Crippen molar-refractivity contribution < 1.29 is 13.2 Å². The third kappa shape index (κ3) is 4.86. The fraction of sp³-hybridized carbons (Fsp3) is 0.222. The summed E-state index contributed by atoms with van der Waals surface area (Å²) >= 11 is 0. The van der Waals surface area contributed by atoms with Crippen LogP contribution in [0.5, 0.6) is 5.75 Å². The van der Waals surface area contributed by atoms with E-state index in [4.69, 9.17) is 4.74 Å². The fourth-order valence-electron chi connectivity index (χ4n) is 2.18. The second kappa shape index (κ2) is 7.83. The van der Waals surface area contributed by atoms with Crippen LogP contribution in [0.15, 0.2) is 65.6 Å². The average molecular weight is 331 g/mol. The van der Waals surface area contributed by atoms with Crippen LogP contribution in [0.2, 0.25) is 0 Å². The molecule has 0 aliphatic carbocycles. The fourth-order valence-corrected chi connectivity index (χ4v) is 3.23. The molecule has 0 radical (unpaired) electrons. The van der Waals surface area contributed by atoms with Crippen LogP contribution < -0.4 is 9.46 Å². The Balaban J connectivity index is 2.14. The Morgan fingerprint density at radius 2 is 1.87 bits per heavy atom. The maximum atomic E-state index is 12.4. The van der Waals surface area contributed by atoms with Gasteiger partial charge in [0, 0.05) is 5.69 Å². The molecule has 0 heterocycles. The SMILES string of the molecule is C/C=C/CCc1cccc(NS(=O)(=O)c2ccc(OC)cc2)c1. The number of aryl methyl sites for hydroxylation is 1. The molecule has 0 aliphatic heterocycles. The zero-order valence-corrected chi connectivity index (χ0v) is 14.1. The van der Waals surface area contributed by atoms with Crippen molar-refractivity contribution in [1.82, 2.24) is 0 Å². The van der Waals surface area contributed by atoms with Crippen molar-refractivity contribution in [2.24, 2.45) is 0 Å². The van der Waals surface area contributed by atoms with Crippen molar-refractivity contribution in [2.45, 2.75) is 24.7 Å². The van der Waals surface area contributed by atoms with E-state index in [9.17, 15) is 8.42 Å². The normalized spacial score (nSPS) is 11.6. The van der Waals surface area contributed by atoms with Gasteiger partial charge in [-0.3, -0.25) is 4.72 Å². The number of nitrogens with one attached hydrogen (secondary N) is 1. The van der Waals surface area contributed by atoms with Gasteiger partial charge in [0.2, 0.25) is 0 Å². The lowest BCUT2D eigenvalue weighted by atomic mass is 10.1. The van der Waals surface area contributed by atoms with Crippen LogP contribution in [0.25, 0.3) is 0 Å². The molecule has 23 heavy (non-hydrogen) atoms. The van der Waals surface area contributed by atoms with Gasteiger partial charge in [-0.1, -0.05) is 24.3 Å². The molecule has 0 unspecified atom stereocenters. The molecule has 5 heteroatoms. The van der Waals surface area contributed by atoms with Crippen molar-refractivity contribution in [2.75, 3.05) is 11.8 Å². The molecule has 122 valence electrons. The van der Waals surface area contributed by atoms with Crippen LogP contribution in [-0.4, -0.2) is 15.5 Å². The van der Waals surface area contributed by atoms with Crippen LogP contribution >= 0.6 is 0 Å². The van der Waals surface area contributed by atoms with E-state index in [0.29, 0.717) is 11.4 Å². The van der Waals surface area contributed by atoms with Gasteiger partial charge in [-0.2, -0.15) is 0 Å². The Bertz CT molecular complexity index is 765.